The molecule has 0 fully saturated rings. The third-order valence-electron chi connectivity index (χ3n) is 4.15. The average Bonchev–Trinajstić information content (AvgIpc) is 2.65. The Hall–Kier alpha value is -3.26. The van der Waals surface area contributed by atoms with Crippen LogP contribution in [0.3, 0.4) is 0 Å². The van der Waals surface area contributed by atoms with Crippen LogP contribution in [0.2, 0.25) is 0 Å². The van der Waals surface area contributed by atoms with E-state index in [1.165, 1.54) is 30.5 Å². The normalized spacial score (nSPS) is 11.1. The van der Waals surface area contributed by atoms with Crippen molar-refractivity contribution < 1.29 is 17.6 Å². The minimum absolute atomic E-state index is 0.0736. The van der Waals surface area contributed by atoms with E-state index in [1.54, 1.807) is 25.3 Å². The molecule has 0 bridgehead atoms. The zero-order valence-electron chi connectivity index (χ0n) is 15.2. The quantitative estimate of drug-likeness (QED) is 0.681. The summed E-state index contributed by atoms with van der Waals surface area (Å²) in [5.41, 5.74) is 2.45. The number of rotatable bonds is 5. The van der Waals surface area contributed by atoms with E-state index in [9.17, 15) is 17.6 Å². The molecule has 8 heteroatoms. The number of sulfonamides is 1. The summed E-state index contributed by atoms with van der Waals surface area (Å²) < 4.78 is 40.7. The number of pyridine rings is 1. The van der Waals surface area contributed by atoms with E-state index in [1.807, 2.05) is 6.92 Å². The topological polar surface area (TPSA) is 88.2 Å². The molecule has 1 heterocycles. The van der Waals surface area contributed by atoms with E-state index in [2.05, 4.69) is 15.0 Å². The van der Waals surface area contributed by atoms with Crippen molar-refractivity contribution in [2.24, 2.45) is 0 Å². The van der Waals surface area contributed by atoms with Gasteiger partial charge in [-0.15, -0.1) is 0 Å². The number of anilines is 2. The molecule has 28 heavy (non-hydrogen) atoms. The number of aryl methyl sites for hydroxylation is 2. The highest BCUT2D eigenvalue weighted by atomic mass is 32.2. The van der Waals surface area contributed by atoms with Crippen LogP contribution in [-0.4, -0.2) is 19.3 Å². The van der Waals surface area contributed by atoms with E-state index < -0.39 is 21.7 Å². The molecular formula is C20H18FN3O3S. The number of carbonyl (C=O) groups is 1. The van der Waals surface area contributed by atoms with Crippen LogP contribution in [0.5, 0.6) is 0 Å². The molecule has 0 radical (unpaired) electrons. The van der Waals surface area contributed by atoms with Gasteiger partial charge in [-0.25, -0.2) is 12.8 Å². The third-order valence-corrected chi connectivity index (χ3v) is 5.53. The van der Waals surface area contributed by atoms with E-state index in [0.29, 0.717) is 11.3 Å². The molecule has 0 aliphatic heterocycles. The minimum atomic E-state index is -3.94. The molecule has 0 spiro atoms. The maximum atomic E-state index is 13.0. The number of aromatic nitrogens is 1. The van der Waals surface area contributed by atoms with Gasteiger partial charge in [0.15, 0.2) is 0 Å². The molecule has 1 amide bonds. The Morgan fingerprint density at radius 3 is 2.39 bits per heavy atom. The third kappa shape index (κ3) is 4.34. The molecule has 3 rings (SSSR count). The first-order chi connectivity index (χ1) is 13.3. The summed E-state index contributed by atoms with van der Waals surface area (Å²) in [5.74, 6) is -0.907. The van der Waals surface area contributed by atoms with Crippen molar-refractivity contribution in [2.75, 3.05) is 10.0 Å². The molecule has 2 N–H and O–H groups in total. The fraction of sp³-hybridized carbons (Fsp3) is 0.100. The minimum Gasteiger partial charge on any atom is -0.320 e. The lowest BCUT2D eigenvalue weighted by molar-refractivity contribution is 0.102. The zero-order chi connectivity index (χ0) is 20.3. The van der Waals surface area contributed by atoms with Gasteiger partial charge in [-0.05, 0) is 67.4 Å². The van der Waals surface area contributed by atoms with Crippen molar-refractivity contribution in [3.8, 4) is 0 Å². The van der Waals surface area contributed by atoms with E-state index in [0.717, 1.165) is 17.7 Å². The van der Waals surface area contributed by atoms with Crippen molar-refractivity contribution in [3.05, 3.63) is 83.4 Å². The molecule has 2 aromatic carbocycles. The monoisotopic (exact) mass is 399 g/mol. The number of nitrogens with one attached hydrogen (secondary N) is 2. The zero-order valence-corrected chi connectivity index (χ0v) is 16.0. The smallest absolute Gasteiger partial charge is 0.261 e. The first-order valence-corrected chi connectivity index (χ1v) is 9.85. The van der Waals surface area contributed by atoms with Crippen LogP contribution < -0.4 is 10.0 Å². The molecule has 1 aromatic heterocycles. The molecule has 6 nitrogen and oxygen atoms in total. The largest absolute Gasteiger partial charge is 0.320 e. The second kappa shape index (κ2) is 7.77. The van der Waals surface area contributed by atoms with Gasteiger partial charge in [0.25, 0.3) is 15.9 Å². The standard InChI is InChI=1S/C20H18FN3O3S/c1-13-3-8-17(28(26,27)24-16-6-4-15(21)5-7-16)11-18(13)20(25)23-19-12-22-10-9-14(19)2/h3-12,24H,1-2H3,(H,23,25). The summed E-state index contributed by atoms with van der Waals surface area (Å²) in [6.45, 7) is 3.55. The fourth-order valence-electron chi connectivity index (χ4n) is 2.53. The Bertz CT molecular complexity index is 1130. The van der Waals surface area contributed by atoms with Crippen molar-refractivity contribution in [3.63, 3.8) is 0 Å². The van der Waals surface area contributed by atoms with Crippen molar-refractivity contribution in [2.45, 2.75) is 18.7 Å². The number of hydrogen-bond acceptors (Lipinski definition) is 4. The van der Waals surface area contributed by atoms with Crippen molar-refractivity contribution in [1.82, 2.24) is 4.98 Å². The van der Waals surface area contributed by atoms with Gasteiger partial charge < -0.3 is 5.32 Å². The molecular weight excluding hydrogens is 381 g/mol. The maximum Gasteiger partial charge on any atom is 0.261 e. The van der Waals surface area contributed by atoms with Gasteiger partial charge in [0.05, 0.1) is 16.8 Å². The van der Waals surface area contributed by atoms with Gasteiger partial charge >= 0.3 is 0 Å². The number of nitrogens with zero attached hydrogens (tertiary/aromatic N) is 1. The predicted molar refractivity (Wildman–Crippen MR) is 105 cm³/mol. The Kier molecular flexibility index (Phi) is 5.41. The molecule has 0 saturated heterocycles. The fourth-order valence-corrected chi connectivity index (χ4v) is 3.61. The molecule has 0 aliphatic carbocycles. The molecule has 144 valence electrons. The lowest BCUT2D eigenvalue weighted by Gasteiger charge is -2.12. The Morgan fingerprint density at radius 2 is 1.71 bits per heavy atom. The maximum absolute atomic E-state index is 13.0. The number of hydrogen-bond donors (Lipinski definition) is 2. The van der Waals surface area contributed by atoms with Crippen LogP contribution in [0.4, 0.5) is 15.8 Å². The Morgan fingerprint density at radius 1 is 1.00 bits per heavy atom. The highest BCUT2D eigenvalue weighted by Gasteiger charge is 2.19. The molecule has 3 aromatic rings. The SMILES string of the molecule is Cc1ccncc1NC(=O)c1cc(S(=O)(=O)Nc2ccc(F)cc2)ccc1C. The van der Waals surface area contributed by atoms with Gasteiger partial charge in [-0.1, -0.05) is 6.07 Å². The average molecular weight is 399 g/mol. The van der Waals surface area contributed by atoms with E-state index in [-0.39, 0.29) is 16.1 Å². The van der Waals surface area contributed by atoms with Gasteiger partial charge in [-0.2, -0.15) is 0 Å². The van der Waals surface area contributed by atoms with Crippen molar-refractivity contribution >= 4 is 27.3 Å². The summed E-state index contributed by atoms with van der Waals surface area (Å²) in [7, 11) is -3.94. The molecule has 0 unspecified atom stereocenters. The first-order valence-electron chi connectivity index (χ1n) is 8.37. The van der Waals surface area contributed by atoms with Crippen LogP contribution in [0.15, 0.2) is 65.8 Å². The van der Waals surface area contributed by atoms with E-state index in [4.69, 9.17) is 0 Å². The highest BCUT2D eigenvalue weighted by molar-refractivity contribution is 7.92. The van der Waals surface area contributed by atoms with Crippen LogP contribution >= 0.6 is 0 Å². The molecule has 0 atom stereocenters. The highest BCUT2D eigenvalue weighted by Crippen LogP contribution is 2.21. The van der Waals surface area contributed by atoms with Crippen LogP contribution in [0.1, 0.15) is 21.5 Å². The van der Waals surface area contributed by atoms with E-state index >= 15 is 0 Å². The summed E-state index contributed by atoms with van der Waals surface area (Å²) in [5, 5.41) is 2.74. The molecule has 0 saturated carbocycles. The Labute approximate surface area is 162 Å². The first kappa shape index (κ1) is 19.5. The number of benzene rings is 2. The second-order valence-electron chi connectivity index (χ2n) is 6.23. The van der Waals surface area contributed by atoms with Gasteiger partial charge in [-0.3, -0.25) is 14.5 Å². The van der Waals surface area contributed by atoms with Gasteiger partial charge in [0.2, 0.25) is 0 Å². The van der Waals surface area contributed by atoms with Gasteiger partial charge in [0.1, 0.15) is 5.82 Å². The van der Waals surface area contributed by atoms with Crippen LogP contribution in [0, 0.1) is 19.7 Å². The van der Waals surface area contributed by atoms with Crippen LogP contribution in [0.25, 0.3) is 0 Å². The summed E-state index contributed by atoms with van der Waals surface area (Å²) in [6.07, 6.45) is 3.14. The lowest BCUT2D eigenvalue weighted by Crippen LogP contribution is -2.17. The Balaban J connectivity index is 1.89. The lowest BCUT2D eigenvalue weighted by atomic mass is 10.1. The summed E-state index contributed by atoms with van der Waals surface area (Å²) >= 11 is 0. The number of carbonyl (C=O) groups excluding carboxylic acids is 1. The molecule has 0 aliphatic rings. The summed E-state index contributed by atoms with van der Waals surface area (Å²) in [4.78, 5) is 16.6. The second-order valence-corrected chi connectivity index (χ2v) is 7.92. The predicted octanol–water partition coefficient (Wildman–Crippen LogP) is 3.89. The van der Waals surface area contributed by atoms with Gasteiger partial charge in [0, 0.05) is 17.4 Å². The van der Waals surface area contributed by atoms with Crippen molar-refractivity contribution in [1.29, 1.82) is 0 Å². The van der Waals surface area contributed by atoms with Crippen LogP contribution in [-0.2, 0) is 10.0 Å². The number of halogens is 1. The summed E-state index contributed by atoms with van der Waals surface area (Å²) in [6, 6.07) is 11.0. The number of amides is 1.